The maximum atomic E-state index is 12.9. The minimum Gasteiger partial charge on any atom is -0.475 e. The van der Waals surface area contributed by atoms with E-state index in [0.29, 0.717) is 13.1 Å². The molecule has 32 heavy (non-hydrogen) atoms. The number of nitrogens with one attached hydrogen (secondary N) is 1. The largest absolute Gasteiger partial charge is 0.490 e. The highest BCUT2D eigenvalue weighted by atomic mass is 32.2. The number of aryl methyl sites for hydroxylation is 1. The Bertz CT molecular complexity index is 841. The SMILES string of the molecule is CCc1ccc(S(=O)(=O)N(CCOC)CC(=O)N2CCNCC2)cc1.O=C(O)C(F)(F)F. The average molecular weight is 484 g/mol. The van der Waals surface area contributed by atoms with E-state index < -0.39 is 22.2 Å². The van der Waals surface area contributed by atoms with Gasteiger partial charge in [0.05, 0.1) is 18.0 Å². The van der Waals surface area contributed by atoms with Gasteiger partial charge in [-0.15, -0.1) is 0 Å². The molecule has 9 nitrogen and oxygen atoms in total. The molecular weight excluding hydrogens is 455 g/mol. The minimum absolute atomic E-state index is 0.145. The van der Waals surface area contributed by atoms with E-state index in [-0.39, 0.29) is 30.5 Å². The van der Waals surface area contributed by atoms with Crippen molar-refractivity contribution in [3.63, 3.8) is 0 Å². The lowest BCUT2D eigenvalue weighted by Gasteiger charge is -2.30. The summed E-state index contributed by atoms with van der Waals surface area (Å²) in [4.78, 5) is 23.3. The first-order valence-corrected chi connectivity index (χ1v) is 11.2. The van der Waals surface area contributed by atoms with Crippen LogP contribution in [0.15, 0.2) is 29.2 Å². The van der Waals surface area contributed by atoms with Gasteiger partial charge in [0, 0.05) is 39.8 Å². The predicted molar refractivity (Wildman–Crippen MR) is 110 cm³/mol. The Morgan fingerprint density at radius 2 is 1.72 bits per heavy atom. The molecule has 2 rings (SSSR count). The lowest BCUT2D eigenvalue weighted by molar-refractivity contribution is -0.192. The van der Waals surface area contributed by atoms with Crippen molar-refractivity contribution >= 4 is 21.9 Å². The molecule has 2 N–H and O–H groups in total. The van der Waals surface area contributed by atoms with Crippen molar-refractivity contribution in [3.8, 4) is 0 Å². The summed E-state index contributed by atoms with van der Waals surface area (Å²) in [5.41, 5.74) is 1.07. The van der Waals surface area contributed by atoms with E-state index in [1.807, 2.05) is 6.92 Å². The number of halogens is 3. The van der Waals surface area contributed by atoms with Gasteiger partial charge in [-0.2, -0.15) is 17.5 Å². The number of amides is 1. The number of piperazine rings is 1. The second-order valence-electron chi connectivity index (χ2n) is 6.76. The highest BCUT2D eigenvalue weighted by Gasteiger charge is 2.38. The lowest BCUT2D eigenvalue weighted by Crippen LogP contribution is -2.50. The number of aliphatic carboxylic acids is 1. The molecule has 0 aromatic heterocycles. The van der Waals surface area contributed by atoms with Crippen molar-refractivity contribution in [2.24, 2.45) is 0 Å². The number of nitrogens with zero attached hydrogens (tertiary/aromatic N) is 2. The van der Waals surface area contributed by atoms with Crippen LogP contribution in [0.3, 0.4) is 0 Å². The maximum Gasteiger partial charge on any atom is 0.490 e. The molecule has 1 aliphatic heterocycles. The van der Waals surface area contributed by atoms with E-state index in [1.54, 1.807) is 29.2 Å². The number of carbonyl (C=O) groups is 2. The summed E-state index contributed by atoms with van der Waals surface area (Å²) in [7, 11) is -2.23. The van der Waals surface area contributed by atoms with Crippen molar-refractivity contribution in [3.05, 3.63) is 29.8 Å². The molecule has 0 atom stereocenters. The molecular formula is C19H28F3N3O6S. The summed E-state index contributed by atoms with van der Waals surface area (Å²) in [6.07, 6.45) is -4.24. The van der Waals surface area contributed by atoms with Gasteiger partial charge in [0.15, 0.2) is 0 Å². The molecule has 0 saturated carbocycles. The Hall–Kier alpha value is -2.22. The molecule has 1 aliphatic rings. The third-order valence-corrected chi connectivity index (χ3v) is 6.40. The fraction of sp³-hybridized carbons (Fsp3) is 0.579. The molecule has 13 heteroatoms. The smallest absolute Gasteiger partial charge is 0.475 e. The summed E-state index contributed by atoms with van der Waals surface area (Å²) in [5, 5.41) is 10.3. The zero-order chi connectivity index (χ0) is 24.4. The number of carboxylic acid groups (broad SMARTS) is 1. The molecule has 0 bridgehead atoms. The van der Waals surface area contributed by atoms with Crippen LogP contribution in [0.25, 0.3) is 0 Å². The van der Waals surface area contributed by atoms with Crippen LogP contribution in [0.4, 0.5) is 13.2 Å². The van der Waals surface area contributed by atoms with Crippen LogP contribution in [-0.4, -0.2) is 93.8 Å². The Balaban J connectivity index is 0.000000633. The fourth-order valence-electron chi connectivity index (χ4n) is 2.69. The van der Waals surface area contributed by atoms with E-state index in [4.69, 9.17) is 14.6 Å². The Labute approximate surface area is 185 Å². The third-order valence-electron chi connectivity index (χ3n) is 4.54. The first kappa shape index (κ1) is 27.8. The van der Waals surface area contributed by atoms with Gasteiger partial charge in [-0.1, -0.05) is 19.1 Å². The van der Waals surface area contributed by atoms with Crippen LogP contribution < -0.4 is 5.32 Å². The molecule has 182 valence electrons. The molecule has 1 saturated heterocycles. The van der Waals surface area contributed by atoms with Crippen LogP contribution in [0, 0.1) is 0 Å². The second-order valence-corrected chi connectivity index (χ2v) is 8.70. The Kier molecular flexibility index (Phi) is 11.1. The van der Waals surface area contributed by atoms with Crippen LogP contribution in [-0.2, 0) is 30.8 Å². The Morgan fingerprint density at radius 3 is 2.16 bits per heavy atom. The molecule has 0 aliphatic carbocycles. The molecule has 1 amide bonds. The number of hydrogen-bond acceptors (Lipinski definition) is 6. The van der Waals surface area contributed by atoms with Crippen molar-refractivity contribution in [1.82, 2.24) is 14.5 Å². The molecule has 1 fully saturated rings. The normalized spacial score (nSPS) is 14.6. The zero-order valence-corrected chi connectivity index (χ0v) is 18.7. The van der Waals surface area contributed by atoms with Crippen molar-refractivity contribution in [1.29, 1.82) is 0 Å². The van der Waals surface area contributed by atoms with Crippen LogP contribution in [0.1, 0.15) is 12.5 Å². The average Bonchev–Trinajstić information content (AvgIpc) is 2.76. The molecule has 0 unspecified atom stereocenters. The molecule has 0 spiro atoms. The van der Waals surface area contributed by atoms with Gasteiger partial charge in [0.25, 0.3) is 0 Å². The zero-order valence-electron chi connectivity index (χ0n) is 17.9. The summed E-state index contributed by atoms with van der Waals surface area (Å²) in [6, 6.07) is 6.81. The third kappa shape index (κ3) is 8.73. The van der Waals surface area contributed by atoms with Gasteiger partial charge in [-0.05, 0) is 24.1 Å². The molecule has 0 radical (unpaired) electrons. The first-order chi connectivity index (χ1) is 14.9. The maximum absolute atomic E-state index is 12.9. The molecule has 1 aromatic rings. The van der Waals surface area contributed by atoms with Gasteiger partial charge < -0.3 is 20.1 Å². The van der Waals surface area contributed by atoms with Crippen LogP contribution in [0.2, 0.25) is 0 Å². The van der Waals surface area contributed by atoms with Crippen LogP contribution >= 0.6 is 0 Å². The highest BCUT2D eigenvalue weighted by Crippen LogP contribution is 2.17. The highest BCUT2D eigenvalue weighted by molar-refractivity contribution is 7.89. The van der Waals surface area contributed by atoms with E-state index in [2.05, 4.69) is 5.32 Å². The number of benzene rings is 1. The fourth-order valence-corrected chi connectivity index (χ4v) is 4.06. The number of rotatable bonds is 8. The first-order valence-electron chi connectivity index (χ1n) is 9.80. The van der Waals surface area contributed by atoms with E-state index in [0.717, 1.165) is 25.1 Å². The topological polar surface area (TPSA) is 116 Å². The number of ether oxygens (including phenoxy) is 1. The number of carbonyl (C=O) groups excluding carboxylic acids is 1. The summed E-state index contributed by atoms with van der Waals surface area (Å²) < 4.78 is 63.9. The van der Waals surface area contributed by atoms with Gasteiger partial charge in [0.1, 0.15) is 0 Å². The van der Waals surface area contributed by atoms with Gasteiger partial charge >= 0.3 is 12.1 Å². The summed E-state index contributed by atoms with van der Waals surface area (Å²) >= 11 is 0. The molecule has 1 heterocycles. The van der Waals surface area contributed by atoms with E-state index in [1.165, 1.54) is 11.4 Å². The number of methoxy groups -OCH3 is 1. The summed E-state index contributed by atoms with van der Waals surface area (Å²) in [5.74, 6) is -2.93. The second kappa shape index (κ2) is 12.7. The van der Waals surface area contributed by atoms with E-state index in [9.17, 15) is 26.4 Å². The minimum atomic E-state index is -5.08. The number of carboxylic acids is 1. The number of alkyl halides is 3. The lowest BCUT2D eigenvalue weighted by atomic mass is 10.2. The van der Waals surface area contributed by atoms with Crippen LogP contribution in [0.5, 0.6) is 0 Å². The van der Waals surface area contributed by atoms with Crippen molar-refractivity contribution < 1.29 is 41.0 Å². The van der Waals surface area contributed by atoms with Gasteiger partial charge in [0.2, 0.25) is 15.9 Å². The van der Waals surface area contributed by atoms with Crippen molar-refractivity contribution in [2.45, 2.75) is 24.4 Å². The predicted octanol–water partition coefficient (Wildman–Crippen LogP) is 0.951. The quantitative estimate of drug-likeness (QED) is 0.566. The molecule has 1 aromatic carbocycles. The van der Waals surface area contributed by atoms with Crippen molar-refractivity contribution in [2.75, 3.05) is 53.0 Å². The Morgan fingerprint density at radius 1 is 1.19 bits per heavy atom. The number of sulfonamides is 1. The number of hydrogen-bond donors (Lipinski definition) is 2. The monoisotopic (exact) mass is 483 g/mol. The van der Waals surface area contributed by atoms with Gasteiger partial charge in [-0.3, -0.25) is 4.79 Å². The standard InChI is InChI=1S/C17H27N3O4S.C2HF3O2/c1-3-15-4-6-16(7-5-15)25(22,23)20(12-13-24-2)14-17(21)19-10-8-18-9-11-19;3-2(4,5)1(6)7/h4-7,18H,3,8-14H2,1-2H3;(H,6,7). The van der Waals surface area contributed by atoms with E-state index >= 15 is 0 Å². The summed E-state index contributed by atoms with van der Waals surface area (Å²) in [6.45, 7) is 4.89. The van der Waals surface area contributed by atoms with Gasteiger partial charge in [-0.25, -0.2) is 13.2 Å².